The summed E-state index contributed by atoms with van der Waals surface area (Å²) in [7, 11) is 3.61. The first-order chi connectivity index (χ1) is 9.65. The minimum Gasteiger partial charge on any atom is -0.497 e. The lowest BCUT2D eigenvalue weighted by Crippen LogP contribution is -2.14. The highest BCUT2D eigenvalue weighted by Gasteiger charge is 2.12. The van der Waals surface area contributed by atoms with Crippen LogP contribution >= 0.6 is 15.9 Å². The number of aromatic nitrogens is 2. The summed E-state index contributed by atoms with van der Waals surface area (Å²) < 4.78 is 6.09. The van der Waals surface area contributed by atoms with E-state index in [2.05, 4.69) is 31.2 Å². The predicted octanol–water partition coefficient (Wildman–Crippen LogP) is 3.45. The van der Waals surface area contributed by atoms with Gasteiger partial charge in [0, 0.05) is 31.5 Å². The lowest BCUT2D eigenvalue weighted by atomic mass is 10.3. The summed E-state index contributed by atoms with van der Waals surface area (Å²) in [6, 6.07) is 7.83. The summed E-state index contributed by atoms with van der Waals surface area (Å²) in [6.45, 7) is 2.79. The Morgan fingerprint density at radius 1 is 1.40 bits per heavy atom. The molecule has 0 radical (unpaired) electrons. The third kappa shape index (κ3) is 3.19. The van der Waals surface area contributed by atoms with Gasteiger partial charge < -0.3 is 15.0 Å². The monoisotopic (exact) mass is 336 g/mol. The van der Waals surface area contributed by atoms with Gasteiger partial charge in [-0.3, -0.25) is 0 Å². The standard InChI is InChI=1S/C14H17BrN4O/c1-4-16-14-17-9-12(15)13(18-14)19(2)10-6-5-7-11(8-10)20-3/h5-9H,4H2,1-3H3,(H,16,17,18). The van der Waals surface area contributed by atoms with Gasteiger partial charge in [-0.1, -0.05) is 6.07 Å². The van der Waals surface area contributed by atoms with E-state index in [4.69, 9.17) is 4.74 Å². The van der Waals surface area contributed by atoms with E-state index in [9.17, 15) is 0 Å². The molecule has 0 atom stereocenters. The quantitative estimate of drug-likeness (QED) is 0.906. The number of hydrogen-bond acceptors (Lipinski definition) is 5. The molecule has 0 aliphatic rings. The van der Waals surface area contributed by atoms with E-state index in [0.29, 0.717) is 5.95 Å². The topological polar surface area (TPSA) is 50.3 Å². The second-order valence-electron chi connectivity index (χ2n) is 4.16. The van der Waals surface area contributed by atoms with Gasteiger partial charge in [-0.05, 0) is 35.0 Å². The number of nitrogens with zero attached hydrogens (tertiary/aromatic N) is 3. The number of benzene rings is 1. The van der Waals surface area contributed by atoms with Gasteiger partial charge in [0.05, 0.1) is 11.6 Å². The molecule has 6 heteroatoms. The maximum atomic E-state index is 5.25. The van der Waals surface area contributed by atoms with Gasteiger partial charge in [0.2, 0.25) is 5.95 Å². The molecule has 1 aromatic heterocycles. The number of ether oxygens (including phenoxy) is 1. The van der Waals surface area contributed by atoms with Gasteiger partial charge in [-0.2, -0.15) is 4.98 Å². The normalized spacial score (nSPS) is 10.2. The van der Waals surface area contributed by atoms with Crippen LogP contribution in [0.1, 0.15) is 6.92 Å². The molecule has 0 aliphatic heterocycles. The maximum absolute atomic E-state index is 5.25. The molecule has 0 amide bonds. The van der Waals surface area contributed by atoms with Crippen molar-refractivity contribution in [2.45, 2.75) is 6.92 Å². The van der Waals surface area contributed by atoms with Crippen molar-refractivity contribution in [1.29, 1.82) is 0 Å². The molecule has 2 aromatic rings. The van der Waals surface area contributed by atoms with E-state index in [1.165, 1.54) is 0 Å². The molecular formula is C14H17BrN4O. The van der Waals surface area contributed by atoms with E-state index in [-0.39, 0.29) is 0 Å². The van der Waals surface area contributed by atoms with Crippen molar-refractivity contribution in [3.8, 4) is 5.75 Å². The molecule has 0 bridgehead atoms. The van der Waals surface area contributed by atoms with Crippen molar-refractivity contribution in [1.82, 2.24) is 9.97 Å². The van der Waals surface area contributed by atoms with Crippen LogP contribution in [0.3, 0.4) is 0 Å². The molecule has 1 aromatic carbocycles. The maximum Gasteiger partial charge on any atom is 0.224 e. The SMILES string of the molecule is CCNc1ncc(Br)c(N(C)c2cccc(OC)c2)n1. The number of halogens is 1. The fourth-order valence-electron chi connectivity index (χ4n) is 1.78. The Hall–Kier alpha value is -1.82. The number of anilines is 3. The third-order valence-corrected chi connectivity index (χ3v) is 3.38. The lowest BCUT2D eigenvalue weighted by Gasteiger charge is -2.20. The molecular weight excluding hydrogens is 320 g/mol. The molecule has 5 nitrogen and oxygen atoms in total. The van der Waals surface area contributed by atoms with Crippen molar-refractivity contribution in [2.24, 2.45) is 0 Å². The second-order valence-corrected chi connectivity index (χ2v) is 5.01. The lowest BCUT2D eigenvalue weighted by molar-refractivity contribution is 0.415. The molecule has 106 valence electrons. The van der Waals surface area contributed by atoms with Gasteiger partial charge in [0.15, 0.2) is 5.82 Å². The minimum atomic E-state index is 0.612. The first kappa shape index (κ1) is 14.6. The van der Waals surface area contributed by atoms with Gasteiger partial charge in [0.1, 0.15) is 5.75 Å². The Bertz CT molecular complexity index is 591. The highest BCUT2D eigenvalue weighted by atomic mass is 79.9. The van der Waals surface area contributed by atoms with E-state index in [1.807, 2.05) is 43.1 Å². The highest BCUT2D eigenvalue weighted by molar-refractivity contribution is 9.10. The Balaban J connectivity index is 2.36. The van der Waals surface area contributed by atoms with Crippen molar-refractivity contribution < 1.29 is 4.74 Å². The first-order valence-corrected chi connectivity index (χ1v) is 7.09. The third-order valence-electron chi connectivity index (χ3n) is 2.82. The van der Waals surface area contributed by atoms with Crippen LogP contribution in [-0.4, -0.2) is 30.7 Å². The van der Waals surface area contributed by atoms with Crippen LogP contribution in [-0.2, 0) is 0 Å². The zero-order valence-electron chi connectivity index (χ0n) is 11.7. The fourth-order valence-corrected chi connectivity index (χ4v) is 2.24. The fraction of sp³-hybridized carbons (Fsp3) is 0.286. The Labute approximate surface area is 127 Å². The van der Waals surface area contributed by atoms with Crippen molar-refractivity contribution in [2.75, 3.05) is 30.9 Å². The second kappa shape index (κ2) is 6.56. The number of hydrogen-bond donors (Lipinski definition) is 1. The molecule has 0 aliphatic carbocycles. The van der Waals surface area contributed by atoms with Crippen LogP contribution in [0.4, 0.5) is 17.5 Å². The van der Waals surface area contributed by atoms with Crippen molar-refractivity contribution in [3.05, 3.63) is 34.9 Å². The molecule has 1 heterocycles. The van der Waals surface area contributed by atoms with E-state index in [1.54, 1.807) is 13.3 Å². The minimum absolute atomic E-state index is 0.612. The van der Waals surface area contributed by atoms with E-state index in [0.717, 1.165) is 28.3 Å². The van der Waals surface area contributed by atoms with Crippen LogP contribution in [0, 0.1) is 0 Å². The largest absolute Gasteiger partial charge is 0.497 e. The smallest absolute Gasteiger partial charge is 0.224 e. The summed E-state index contributed by atoms with van der Waals surface area (Å²) in [6.07, 6.45) is 1.75. The molecule has 0 unspecified atom stereocenters. The van der Waals surface area contributed by atoms with Crippen LogP contribution < -0.4 is 15.0 Å². The van der Waals surface area contributed by atoms with Crippen molar-refractivity contribution >= 4 is 33.4 Å². The van der Waals surface area contributed by atoms with Crippen molar-refractivity contribution in [3.63, 3.8) is 0 Å². The summed E-state index contributed by atoms with van der Waals surface area (Å²) in [5, 5.41) is 3.11. The number of rotatable bonds is 5. The zero-order valence-corrected chi connectivity index (χ0v) is 13.3. The summed E-state index contributed by atoms with van der Waals surface area (Å²) in [5.41, 5.74) is 0.992. The van der Waals surface area contributed by atoms with Gasteiger partial charge >= 0.3 is 0 Å². The Morgan fingerprint density at radius 2 is 2.20 bits per heavy atom. The van der Waals surface area contributed by atoms with Gasteiger partial charge in [-0.25, -0.2) is 4.98 Å². The zero-order chi connectivity index (χ0) is 14.5. The molecule has 1 N–H and O–H groups in total. The van der Waals surface area contributed by atoms with E-state index >= 15 is 0 Å². The van der Waals surface area contributed by atoms with Gasteiger partial charge in [0.25, 0.3) is 0 Å². The highest BCUT2D eigenvalue weighted by Crippen LogP contribution is 2.30. The van der Waals surface area contributed by atoms with Crippen LogP contribution in [0.15, 0.2) is 34.9 Å². The Kier molecular flexibility index (Phi) is 4.79. The molecule has 0 saturated heterocycles. The predicted molar refractivity (Wildman–Crippen MR) is 85.0 cm³/mol. The summed E-state index contributed by atoms with van der Waals surface area (Å²) in [5.74, 6) is 2.22. The van der Waals surface area contributed by atoms with E-state index < -0.39 is 0 Å². The summed E-state index contributed by atoms with van der Waals surface area (Å²) in [4.78, 5) is 10.7. The van der Waals surface area contributed by atoms with Crippen LogP contribution in [0.2, 0.25) is 0 Å². The molecule has 0 fully saturated rings. The number of nitrogens with one attached hydrogen (secondary N) is 1. The molecule has 2 rings (SSSR count). The summed E-state index contributed by atoms with van der Waals surface area (Å²) >= 11 is 3.49. The molecule has 0 spiro atoms. The van der Waals surface area contributed by atoms with Crippen LogP contribution in [0.25, 0.3) is 0 Å². The average Bonchev–Trinajstić information content (AvgIpc) is 2.49. The van der Waals surface area contributed by atoms with Crippen LogP contribution in [0.5, 0.6) is 5.75 Å². The Morgan fingerprint density at radius 3 is 2.90 bits per heavy atom. The molecule has 0 saturated carbocycles. The first-order valence-electron chi connectivity index (χ1n) is 6.30. The molecule has 20 heavy (non-hydrogen) atoms. The number of methoxy groups -OCH3 is 1. The average molecular weight is 337 g/mol. The van der Waals surface area contributed by atoms with Gasteiger partial charge in [-0.15, -0.1) is 0 Å².